The van der Waals surface area contributed by atoms with Gasteiger partial charge in [0, 0.05) is 13.2 Å². The second kappa shape index (κ2) is 21.4. The van der Waals surface area contributed by atoms with Gasteiger partial charge in [0.25, 0.3) is 11.1 Å². The third kappa shape index (κ3) is 10.1. The average Bonchev–Trinajstić information content (AvgIpc) is 4.07. The molecule has 12 rings (SSSR count). The Morgan fingerprint density at radius 2 is 1.23 bits per heavy atom. The Hall–Kier alpha value is -7.91. The molecule has 2 fully saturated rings. The van der Waals surface area contributed by atoms with E-state index in [4.69, 9.17) is 31.8 Å². The summed E-state index contributed by atoms with van der Waals surface area (Å²) in [7, 11) is 0. The van der Waals surface area contributed by atoms with Gasteiger partial charge in [-0.25, -0.2) is 38.7 Å². The van der Waals surface area contributed by atoms with Crippen molar-refractivity contribution in [2.24, 2.45) is 5.73 Å². The van der Waals surface area contributed by atoms with Crippen LogP contribution < -0.4 is 22.2 Å². The maximum Gasteiger partial charge on any atom is 0.266 e. The number of aromatic nitrogens is 12. The number of rotatable bonds is 8. The van der Waals surface area contributed by atoms with E-state index < -0.39 is 23.7 Å². The Labute approximate surface area is 420 Å². The van der Waals surface area contributed by atoms with Crippen LogP contribution in [0, 0.1) is 11.6 Å². The van der Waals surface area contributed by atoms with Gasteiger partial charge in [-0.1, -0.05) is 48.0 Å². The number of nitrogens with zero attached hydrogens (tertiary/aromatic N) is 12. The standard InChI is InChI=1S/C26H24FN7O2.C16H14FN3O.C10H11ClN4O/c1-16(30-24-23-21(14-29-32-24)33(15-28-23)22-9-5-6-12-36-22)25-31-20-11-10-17(27)13-19(20)26(35)34(25)18-7-3-2-4-8-18;1-10(18)15-19-14-8-7-11(17)9-13(14)16(21)20(15)12-5-3-2-4-6-12;11-9-8-10(13-5-12-9)15(6-14-8)7-3-1-2-4-16-7/h2-4,7-8,10-11,13-16,22H,5-6,9,12H2,1H3,(H,30,32);2-10H,18H2,1H3;5-7H,1-4H2/t16-,22?;10-;/m00./s1. The highest BCUT2D eigenvalue weighted by Crippen LogP contribution is 2.31. The highest BCUT2D eigenvalue weighted by Gasteiger charge is 2.24. The van der Waals surface area contributed by atoms with Crippen LogP contribution in [0.5, 0.6) is 0 Å². The monoisotopic (exact) mass is 1010 g/mol. The summed E-state index contributed by atoms with van der Waals surface area (Å²) < 4.78 is 45.8. The average molecular weight is 1010 g/mol. The predicted octanol–water partition coefficient (Wildman–Crippen LogP) is 9.26. The summed E-state index contributed by atoms with van der Waals surface area (Å²) in [5.41, 5.74) is 10.3. The van der Waals surface area contributed by atoms with Gasteiger partial charge in [-0.3, -0.25) is 23.3 Å². The molecule has 0 spiro atoms. The number of nitrogens with one attached hydrogen (secondary N) is 1. The molecule has 2 aliphatic rings. The third-order valence-corrected chi connectivity index (χ3v) is 12.8. The molecule has 0 bridgehead atoms. The lowest BCUT2D eigenvalue weighted by Gasteiger charge is -2.24. The highest BCUT2D eigenvalue weighted by molar-refractivity contribution is 6.33. The highest BCUT2D eigenvalue weighted by atomic mass is 35.5. The summed E-state index contributed by atoms with van der Waals surface area (Å²) in [5.74, 6) is 0.432. The van der Waals surface area contributed by atoms with Crippen molar-refractivity contribution in [1.29, 1.82) is 0 Å². The molecule has 4 atom stereocenters. The number of imidazole rings is 2. The maximum atomic E-state index is 14.0. The lowest BCUT2D eigenvalue weighted by molar-refractivity contribution is -0.0298. The van der Waals surface area contributed by atoms with Crippen LogP contribution in [-0.4, -0.2) is 71.6 Å². The zero-order chi connectivity index (χ0) is 50.6. The molecule has 2 unspecified atom stereocenters. The van der Waals surface area contributed by atoms with E-state index in [1.165, 1.54) is 58.3 Å². The van der Waals surface area contributed by atoms with Gasteiger partial charge in [0.15, 0.2) is 16.6 Å². The summed E-state index contributed by atoms with van der Waals surface area (Å²) >= 11 is 5.94. The van der Waals surface area contributed by atoms with Crippen molar-refractivity contribution in [3.63, 3.8) is 0 Å². The molecule has 0 saturated carbocycles. The van der Waals surface area contributed by atoms with E-state index in [-0.39, 0.29) is 34.3 Å². The zero-order valence-electron chi connectivity index (χ0n) is 39.7. The van der Waals surface area contributed by atoms with Gasteiger partial charge in [0.2, 0.25) is 0 Å². The van der Waals surface area contributed by atoms with Crippen LogP contribution in [0.1, 0.15) is 88.6 Å². The molecule has 3 N–H and O–H groups in total. The Balaban J connectivity index is 0.000000139. The van der Waals surface area contributed by atoms with Gasteiger partial charge < -0.3 is 25.1 Å². The number of nitrogens with two attached hydrogens (primary N) is 1. The Bertz CT molecular complexity index is 3690. The Morgan fingerprint density at radius 3 is 1.81 bits per heavy atom. The van der Waals surface area contributed by atoms with Crippen LogP contribution in [0.25, 0.3) is 55.4 Å². The van der Waals surface area contributed by atoms with E-state index in [2.05, 4.69) is 40.4 Å². The molecule has 18 nitrogen and oxygen atoms in total. The molecule has 21 heteroatoms. The molecule has 6 aromatic heterocycles. The van der Waals surface area contributed by atoms with Crippen LogP contribution in [0.2, 0.25) is 5.15 Å². The number of fused-ring (bicyclic) bond motifs is 4. The lowest BCUT2D eigenvalue weighted by Crippen LogP contribution is -2.27. The Kier molecular flexibility index (Phi) is 14.3. The van der Waals surface area contributed by atoms with Crippen molar-refractivity contribution in [2.75, 3.05) is 18.5 Å². The molecule has 10 aromatic rings. The first-order valence-electron chi connectivity index (χ1n) is 23.9. The van der Waals surface area contributed by atoms with E-state index >= 15 is 0 Å². The number of ether oxygens (including phenoxy) is 2. The summed E-state index contributed by atoms with van der Waals surface area (Å²) in [4.78, 5) is 52.3. The van der Waals surface area contributed by atoms with Gasteiger partial charge in [-0.05, 0) is 113 Å². The molecule has 8 heterocycles. The van der Waals surface area contributed by atoms with Crippen LogP contribution in [0.15, 0.2) is 132 Å². The minimum absolute atomic E-state index is 0.0321. The maximum absolute atomic E-state index is 14.0. The van der Waals surface area contributed by atoms with E-state index in [0.29, 0.717) is 56.1 Å². The molecule has 73 heavy (non-hydrogen) atoms. The van der Waals surface area contributed by atoms with Crippen LogP contribution >= 0.6 is 11.6 Å². The van der Waals surface area contributed by atoms with Gasteiger partial charge in [0.05, 0.1) is 69.6 Å². The minimum Gasteiger partial charge on any atom is -0.358 e. The topological polar surface area (TPSA) is 213 Å². The van der Waals surface area contributed by atoms with Crippen molar-refractivity contribution in [3.8, 4) is 11.4 Å². The summed E-state index contributed by atoms with van der Waals surface area (Å²) in [6.45, 7) is 5.16. The molecule has 4 aromatic carbocycles. The number of anilines is 1. The summed E-state index contributed by atoms with van der Waals surface area (Å²) in [5, 5.41) is 12.7. The molecule has 0 amide bonds. The minimum atomic E-state index is -0.487. The van der Waals surface area contributed by atoms with Crippen LogP contribution in [0.4, 0.5) is 14.6 Å². The van der Waals surface area contributed by atoms with Gasteiger partial charge in [-0.2, -0.15) is 5.10 Å². The fourth-order valence-electron chi connectivity index (χ4n) is 8.99. The van der Waals surface area contributed by atoms with Gasteiger partial charge >= 0.3 is 0 Å². The fraction of sp³-hybridized carbons (Fsp3) is 0.269. The van der Waals surface area contributed by atoms with Crippen molar-refractivity contribution in [1.82, 2.24) is 58.4 Å². The lowest BCUT2D eigenvalue weighted by atomic mass is 10.2. The molecule has 372 valence electrons. The molecular formula is C52H49ClF2N14O4. The first kappa shape index (κ1) is 48.7. The van der Waals surface area contributed by atoms with E-state index in [1.54, 1.807) is 37.9 Å². The molecule has 2 saturated heterocycles. The third-order valence-electron chi connectivity index (χ3n) is 12.5. The summed E-state index contributed by atoms with van der Waals surface area (Å²) in [6, 6.07) is 25.4. The van der Waals surface area contributed by atoms with Crippen molar-refractivity contribution < 1.29 is 18.3 Å². The van der Waals surface area contributed by atoms with Crippen molar-refractivity contribution >= 4 is 61.4 Å². The van der Waals surface area contributed by atoms with E-state index in [0.717, 1.165) is 56.5 Å². The summed E-state index contributed by atoms with van der Waals surface area (Å²) in [6.07, 6.45) is 12.9. The van der Waals surface area contributed by atoms with Crippen molar-refractivity contribution in [3.05, 3.63) is 171 Å². The van der Waals surface area contributed by atoms with Crippen LogP contribution in [-0.2, 0) is 9.47 Å². The number of hydrogen-bond donors (Lipinski definition) is 2. The second-order valence-corrected chi connectivity index (χ2v) is 17.9. The van der Waals surface area contributed by atoms with Crippen molar-refractivity contribution in [2.45, 2.75) is 76.9 Å². The number of halogens is 3. The normalized spacial score (nSPS) is 16.6. The quantitative estimate of drug-likeness (QED) is 0.136. The number of benzene rings is 4. The predicted molar refractivity (Wildman–Crippen MR) is 273 cm³/mol. The van der Waals surface area contributed by atoms with Gasteiger partial charge in [0.1, 0.15) is 53.1 Å². The molecule has 0 radical (unpaired) electrons. The fourth-order valence-corrected chi connectivity index (χ4v) is 9.16. The number of para-hydroxylation sites is 2. The van der Waals surface area contributed by atoms with Crippen LogP contribution in [0.3, 0.4) is 0 Å². The first-order chi connectivity index (χ1) is 35.5. The molecule has 2 aliphatic heterocycles. The van der Waals surface area contributed by atoms with E-state index in [1.807, 2.05) is 64.6 Å². The largest absolute Gasteiger partial charge is 0.358 e. The SMILES string of the molecule is C[C@H](N)c1nc2ccc(F)cc2c(=O)n1-c1ccccc1.C[C@H](Nc1nncc2c1ncn2C1CCCCO1)c1nc2ccc(F)cc2c(=O)n1-c1ccccc1.Clc1ncnc2c1ncn2C1CCCCO1. The Morgan fingerprint density at radius 1 is 0.685 bits per heavy atom. The van der Waals surface area contributed by atoms with E-state index in [9.17, 15) is 18.4 Å². The second-order valence-electron chi connectivity index (χ2n) is 17.6. The first-order valence-corrected chi connectivity index (χ1v) is 24.2. The zero-order valence-corrected chi connectivity index (χ0v) is 40.5. The smallest absolute Gasteiger partial charge is 0.266 e. The van der Waals surface area contributed by atoms with Gasteiger partial charge in [-0.15, -0.1) is 5.10 Å². The molecule has 0 aliphatic carbocycles. The molecular weight excluding hydrogens is 958 g/mol. The number of hydrogen-bond acceptors (Lipinski definition) is 14.